The summed E-state index contributed by atoms with van der Waals surface area (Å²) in [4.78, 5) is 17.7. The van der Waals surface area contributed by atoms with Gasteiger partial charge in [0.05, 0.1) is 6.61 Å². The molecule has 17 heavy (non-hydrogen) atoms. The molecule has 1 aromatic heterocycles. The van der Waals surface area contributed by atoms with Gasteiger partial charge < -0.3 is 15.0 Å². The number of carbonyl (C=O) groups is 1. The van der Waals surface area contributed by atoms with Gasteiger partial charge in [-0.3, -0.25) is 0 Å². The van der Waals surface area contributed by atoms with Crippen LogP contribution in [0.15, 0.2) is 5.38 Å². The van der Waals surface area contributed by atoms with Gasteiger partial charge in [0.25, 0.3) is 0 Å². The van der Waals surface area contributed by atoms with Crippen molar-refractivity contribution in [1.82, 2.24) is 9.88 Å². The van der Waals surface area contributed by atoms with Crippen LogP contribution in [0.1, 0.15) is 24.3 Å². The zero-order valence-corrected chi connectivity index (χ0v) is 11.5. The Morgan fingerprint density at radius 1 is 1.65 bits per heavy atom. The molecule has 0 bridgehead atoms. The van der Waals surface area contributed by atoms with Crippen LogP contribution in [0.25, 0.3) is 0 Å². The Balaban J connectivity index is 2.48. The van der Waals surface area contributed by atoms with E-state index >= 15 is 0 Å². The van der Waals surface area contributed by atoms with Gasteiger partial charge in [-0.2, -0.15) is 0 Å². The van der Waals surface area contributed by atoms with Crippen LogP contribution in [0, 0.1) is 0 Å². The molecule has 0 amide bonds. The Morgan fingerprint density at radius 3 is 2.94 bits per heavy atom. The molecule has 0 spiro atoms. The second-order valence-electron chi connectivity index (χ2n) is 3.95. The SMILES string of the molecule is CCOC(=O)c1csc(NCC(C)N(C)C)n1. The van der Waals surface area contributed by atoms with Crippen molar-refractivity contribution in [2.24, 2.45) is 0 Å². The number of hydrogen-bond donors (Lipinski definition) is 1. The number of nitrogens with zero attached hydrogens (tertiary/aromatic N) is 2. The van der Waals surface area contributed by atoms with Gasteiger partial charge in [-0.15, -0.1) is 11.3 Å². The lowest BCUT2D eigenvalue weighted by molar-refractivity contribution is 0.0520. The largest absolute Gasteiger partial charge is 0.461 e. The maximum atomic E-state index is 11.4. The lowest BCUT2D eigenvalue weighted by atomic mass is 10.3. The Morgan fingerprint density at radius 2 is 2.35 bits per heavy atom. The molecule has 1 unspecified atom stereocenters. The summed E-state index contributed by atoms with van der Waals surface area (Å²) in [5.41, 5.74) is 0.372. The van der Waals surface area contributed by atoms with E-state index in [9.17, 15) is 4.79 Å². The maximum absolute atomic E-state index is 11.4. The second kappa shape index (κ2) is 6.56. The average molecular weight is 257 g/mol. The molecule has 1 N–H and O–H groups in total. The first-order valence-corrected chi connectivity index (χ1v) is 6.45. The summed E-state index contributed by atoms with van der Waals surface area (Å²) in [7, 11) is 4.05. The normalized spacial score (nSPS) is 12.5. The van der Waals surface area contributed by atoms with Crippen LogP contribution in [0.2, 0.25) is 0 Å². The molecule has 96 valence electrons. The highest BCUT2D eigenvalue weighted by atomic mass is 32.1. The van der Waals surface area contributed by atoms with Gasteiger partial charge in [-0.1, -0.05) is 0 Å². The molecule has 0 aliphatic carbocycles. The summed E-state index contributed by atoms with van der Waals surface area (Å²) in [6.45, 7) is 5.06. The Labute approximate surface area is 106 Å². The third-order valence-electron chi connectivity index (χ3n) is 2.42. The first-order valence-electron chi connectivity index (χ1n) is 5.57. The zero-order valence-electron chi connectivity index (χ0n) is 10.7. The molecule has 1 atom stereocenters. The van der Waals surface area contributed by atoms with Crippen molar-refractivity contribution in [3.8, 4) is 0 Å². The van der Waals surface area contributed by atoms with E-state index in [-0.39, 0.29) is 5.97 Å². The van der Waals surface area contributed by atoms with E-state index in [1.807, 2.05) is 14.1 Å². The molecule has 1 heterocycles. The number of esters is 1. The molecular formula is C11H19N3O2S. The number of likely N-dealkylation sites (N-methyl/N-ethyl adjacent to an activating group) is 1. The van der Waals surface area contributed by atoms with E-state index in [0.29, 0.717) is 18.3 Å². The van der Waals surface area contributed by atoms with Gasteiger partial charge in [-0.25, -0.2) is 9.78 Å². The van der Waals surface area contributed by atoms with Crippen LogP contribution in [0.4, 0.5) is 5.13 Å². The Hall–Kier alpha value is -1.14. The van der Waals surface area contributed by atoms with Crippen LogP contribution in [0.3, 0.4) is 0 Å². The first kappa shape index (κ1) is 13.9. The number of anilines is 1. The van der Waals surface area contributed by atoms with Gasteiger partial charge in [0, 0.05) is 18.0 Å². The van der Waals surface area contributed by atoms with Crippen molar-refractivity contribution in [3.63, 3.8) is 0 Å². The molecule has 0 aliphatic rings. The van der Waals surface area contributed by atoms with Gasteiger partial charge in [0.1, 0.15) is 0 Å². The minimum atomic E-state index is -0.363. The Bertz CT molecular complexity index is 365. The zero-order chi connectivity index (χ0) is 12.8. The molecule has 6 heteroatoms. The van der Waals surface area contributed by atoms with Crippen molar-refractivity contribution >= 4 is 22.4 Å². The van der Waals surface area contributed by atoms with Crippen molar-refractivity contribution in [2.45, 2.75) is 19.9 Å². The molecule has 0 saturated heterocycles. The number of rotatable bonds is 6. The number of carbonyl (C=O) groups excluding carboxylic acids is 1. The average Bonchev–Trinajstić information content (AvgIpc) is 2.74. The summed E-state index contributed by atoms with van der Waals surface area (Å²) in [6.07, 6.45) is 0. The van der Waals surface area contributed by atoms with E-state index in [0.717, 1.165) is 11.7 Å². The molecular weight excluding hydrogens is 238 g/mol. The fourth-order valence-electron chi connectivity index (χ4n) is 1.07. The Kier molecular flexibility index (Phi) is 5.37. The molecule has 0 saturated carbocycles. The van der Waals surface area contributed by atoms with E-state index in [4.69, 9.17) is 4.74 Å². The molecule has 0 fully saturated rings. The van der Waals surface area contributed by atoms with Crippen LogP contribution in [0.5, 0.6) is 0 Å². The lowest BCUT2D eigenvalue weighted by Gasteiger charge is -2.19. The molecule has 1 aromatic rings. The molecule has 0 aliphatic heterocycles. The number of thiazole rings is 1. The second-order valence-corrected chi connectivity index (χ2v) is 4.81. The quantitative estimate of drug-likeness (QED) is 0.786. The first-order chi connectivity index (χ1) is 8.04. The van der Waals surface area contributed by atoms with E-state index in [1.54, 1.807) is 12.3 Å². The van der Waals surface area contributed by atoms with Crippen LogP contribution in [-0.4, -0.2) is 49.1 Å². The standard InChI is InChI=1S/C11H19N3O2S/c1-5-16-10(15)9-7-17-11(13-9)12-6-8(2)14(3)4/h7-8H,5-6H2,1-4H3,(H,12,13). The predicted octanol–water partition coefficient (Wildman–Crippen LogP) is 1.68. The predicted molar refractivity (Wildman–Crippen MR) is 69.7 cm³/mol. The van der Waals surface area contributed by atoms with Crippen LogP contribution < -0.4 is 5.32 Å². The fraction of sp³-hybridized carbons (Fsp3) is 0.636. The van der Waals surface area contributed by atoms with E-state index in [1.165, 1.54) is 11.3 Å². The topological polar surface area (TPSA) is 54.5 Å². The lowest BCUT2D eigenvalue weighted by Crippen LogP contribution is -2.31. The summed E-state index contributed by atoms with van der Waals surface area (Å²) in [5.74, 6) is -0.363. The fourth-order valence-corrected chi connectivity index (χ4v) is 1.76. The third kappa shape index (κ3) is 4.32. The number of aromatic nitrogens is 1. The number of hydrogen-bond acceptors (Lipinski definition) is 6. The third-order valence-corrected chi connectivity index (χ3v) is 3.22. The van der Waals surface area contributed by atoms with E-state index < -0.39 is 0 Å². The minimum absolute atomic E-state index is 0.363. The van der Waals surface area contributed by atoms with Crippen LogP contribution >= 0.6 is 11.3 Å². The molecule has 5 nitrogen and oxygen atoms in total. The molecule has 1 rings (SSSR count). The van der Waals surface area contributed by atoms with Gasteiger partial charge >= 0.3 is 5.97 Å². The maximum Gasteiger partial charge on any atom is 0.357 e. The van der Waals surface area contributed by atoms with Crippen molar-refractivity contribution < 1.29 is 9.53 Å². The van der Waals surface area contributed by atoms with Gasteiger partial charge in [-0.05, 0) is 27.9 Å². The number of nitrogens with one attached hydrogen (secondary N) is 1. The highest BCUT2D eigenvalue weighted by Crippen LogP contribution is 2.16. The molecule has 0 radical (unpaired) electrons. The van der Waals surface area contributed by atoms with Crippen molar-refractivity contribution in [1.29, 1.82) is 0 Å². The number of ether oxygens (including phenoxy) is 1. The van der Waals surface area contributed by atoms with Crippen LogP contribution in [-0.2, 0) is 4.74 Å². The molecule has 0 aromatic carbocycles. The summed E-state index contributed by atoms with van der Waals surface area (Å²) in [6, 6.07) is 0.407. The smallest absolute Gasteiger partial charge is 0.357 e. The summed E-state index contributed by atoms with van der Waals surface area (Å²) in [5, 5.41) is 5.66. The van der Waals surface area contributed by atoms with Gasteiger partial charge in [0.15, 0.2) is 10.8 Å². The van der Waals surface area contributed by atoms with E-state index in [2.05, 4.69) is 22.1 Å². The van der Waals surface area contributed by atoms with Crippen molar-refractivity contribution in [3.05, 3.63) is 11.1 Å². The minimum Gasteiger partial charge on any atom is -0.461 e. The highest BCUT2D eigenvalue weighted by molar-refractivity contribution is 7.13. The highest BCUT2D eigenvalue weighted by Gasteiger charge is 2.12. The van der Waals surface area contributed by atoms with Gasteiger partial charge in [0.2, 0.25) is 0 Å². The van der Waals surface area contributed by atoms with Crippen molar-refractivity contribution in [2.75, 3.05) is 32.6 Å². The monoisotopic (exact) mass is 257 g/mol. The summed E-state index contributed by atoms with van der Waals surface area (Å²) >= 11 is 1.42. The summed E-state index contributed by atoms with van der Waals surface area (Å²) < 4.78 is 4.87.